The van der Waals surface area contributed by atoms with E-state index in [0.717, 1.165) is 6.92 Å². The molecule has 0 saturated carbocycles. The smallest absolute Gasteiger partial charge is 0.414 e. The van der Waals surface area contributed by atoms with Gasteiger partial charge in [-0.25, -0.2) is 4.79 Å². The Morgan fingerprint density at radius 1 is 1.31 bits per heavy atom. The second-order valence-corrected chi connectivity index (χ2v) is 3.35. The summed E-state index contributed by atoms with van der Waals surface area (Å²) in [5.41, 5.74) is 0. The topological polar surface area (TPSA) is 35.5 Å². The van der Waals surface area contributed by atoms with Crippen LogP contribution in [0.15, 0.2) is 0 Å². The van der Waals surface area contributed by atoms with Crippen molar-refractivity contribution in [2.75, 3.05) is 6.61 Å². The lowest BCUT2D eigenvalue weighted by molar-refractivity contribution is -0.230. The van der Waals surface area contributed by atoms with Crippen LogP contribution in [-0.2, 0) is 14.3 Å². The molecule has 0 aromatic heterocycles. The van der Waals surface area contributed by atoms with E-state index in [2.05, 4.69) is 9.47 Å². The van der Waals surface area contributed by atoms with Crippen molar-refractivity contribution < 1.29 is 27.4 Å². The van der Waals surface area contributed by atoms with Gasteiger partial charge >= 0.3 is 12.1 Å². The lowest BCUT2D eigenvalue weighted by Crippen LogP contribution is -2.37. The number of hydrogen-bond donors (Lipinski definition) is 0. The summed E-state index contributed by atoms with van der Waals surface area (Å²) < 4.78 is 46.0. The second kappa shape index (κ2) is 6.73. The quantitative estimate of drug-likeness (QED) is 0.672. The number of ether oxygens (including phenoxy) is 2. The van der Waals surface area contributed by atoms with E-state index < -0.39 is 24.4 Å². The van der Waals surface area contributed by atoms with E-state index in [4.69, 9.17) is 0 Å². The van der Waals surface area contributed by atoms with E-state index in [1.54, 1.807) is 13.8 Å². The summed E-state index contributed by atoms with van der Waals surface area (Å²) in [6.07, 6.45) is -6.79. The maximum absolute atomic E-state index is 12.2. The summed E-state index contributed by atoms with van der Waals surface area (Å²) in [5.74, 6) is -0.736. The van der Waals surface area contributed by atoms with Gasteiger partial charge in [-0.1, -0.05) is 13.3 Å². The van der Waals surface area contributed by atoms with Gasteiger partial charge in [0.05, 0.1) is 6.61 Å². The van der Waals surface area contributed by atoms with Crippen molar-refractivity contribution >= 4 is 5.97 Å². The van der Waals surface area contributed by atoms with Crippen molar-refractivity contribution in [2.24, 2.45) is 0 Å². The first-order valence-electron chi connectivity index (χ1n) is 5.21. The highest BCUT2D eigenvalue weighted by Crippen LogP contribution is 2.24. The van der Waals surface area contributed by atoms with Gasteiger partial charge in [-0.2, -0.15) is 13.2 Å². The van der Waals surface area contributed by atoms with Crippen LogP contribution in [0.1, 0.15) is 33.6 Å². The van der Waals surface area contributed by atoms with Crippen molar-refractivity contribution in [3.63, 3.8) is 0 Å². The van der Waals surface area contributed by atoms with Crippen LogP contribution in [0.5, 0.6) is 0 Å². The predicted molar refractivity (Wildman–Crippen MR) is 51.9 cm³/mol. The zero-order valence-corrected chi connectivity index (χ0v) is 9.63. The van der Waals surface area contributed by atoms with Crippen LogP contribution in [0.2, 0.25) is 0 Å². The molecule has 0 spiro atoms. The van der Waals surface area contributed by atoms with Crippen molar-refractivity contribution in [1.29, 1.82) is 0 Å². The Labute approximate surface area is 92.9 Å². The molecule has 0 rings (SSSR count). The van der Waals surface area contributed by atoms with E-state index in [0.29, 0.717) is 6.42 Å². The molecule has 0 aliphatic rings. The third-order valence-electron chi connectivity index (χ3n) is 1.93. The fraction of sp³-hybridized carbons (Fsp3) is 0.900. The summed E-state index contributed by atoms with van der Waals surface area (Å²) in [5, 5.41) is 0. The average Bonchev–Trinajstić information content (AvgIpc) is 2.15. The van der Waals surface area contributed by atoms with Crippen LogP contribution in [0.3, 0.4) is 0 Å². The molecule has 2 atom stereocenters. The largest absolute Gasteiger partial charge is 0.464 e. The van der Waals surface area contributed by atoms with Gasteiger partial charge in [-0.05, 0) is 20.3 Å². The van der Waals surface area contributed by atoms with E-state index >= 15 is 0 Å². The molecule has 0 aliphatic carbocycles. The molecule has 0 aromatic rings. The fourth-order valence-electron chi connectivity index (χ4n) is 1.06. The Balaban J connectivity index is 4.38. The molecule has 96 valence electrons. The SMILES string of the molecule is CCCC(OC(C)C(F)(F)F)C(=O)OCC. The highest BCUT2D eigenvalue weighted by atomic mass is 19.4. The Hall–Kier alpha value is -0.780. The van der Waals surface area contributed by atoms with Gasteiger partial charge < -0.3 is 9.47 Å². The van der Waals surface area contributed by atoms with E-state index in [1.165, 1.54) is 0 Å². The predicted octanol–water partition coefficient (Wildman–Crippen LogP) is 2.69. The molecular formula is C10H17F3O3. The van der Waals surface area contributed by atoms with E-state index in [-0.39, 0.29) is 13.0 Å². The molecule has 0 aliphatic heterocycles. The molecule has 0 heterocycles. The number of esters is 1. The number of halogens is 3. The molecule has 6 heteroatoms. The summed E-state index contributed by atoms with van der Waals surface area (Å²) in [6, 6.07) is 0. The Morgan fingerprint density at radius 3 is 2.25 bits per heavy atom. The van der Waals surface area contributed by atoms with Crippen LogP contribution in [0, 0.1) is 0 Å². The van der Waals surface area contributed by atoms with Crippen LogP contribution < -0.4 is 0 Å². The minimum Gasteiger partial charge on any atom is -0.464 e. The second-order valence-electron chi connectivity index (χ2n) is 3.35. The highest BCUT2D eigenvalue weighted by molar-refractivity contribution is 5.74. The normalized spacial score (nSPS) is 15.6. The van der Waals surface area contributed by atoms with Gasteiger partial charge in [-0.15, -0.1) is 0 Å². The summed E-state index contributed by atoms with van der Waals surface area (Å²) in [4.78, 5) is 11.3. The molecule has 0 fully saturated rings. The van der Waals surface area contributed by atoms with Crippen LogP contribution >= 0.6 is 0 Å². The number of hydrogen-bond acceptors (Lipinski definition) is 3. The van der Waals surface area contributed by atoms with Crippen molar-refractivity contribution in [3.05, 3.63) is 0 Å². The Morgan fingerprint density at radius 2 is 1.88 bits per heavy atom. The maximum atomic E-state index is 12.2. The molecule has 16 heavy (non-hydrogen) atoms. The molecule has 0 saturated heterocycles. The molecule has 0 amide bonds. The lowest BCUT2D eigenvalue weighted by Gasteiger charge is -2.22. The molecule has 0 N–H and O–H groups in total. The Kier molecular flexibility index (Phi) is 6.40. The van der Waals surface area contributed by atoms with Gasteiger partial charge in [0.25, 0.3) is 0 Å². The first kappa shape index (κ1) is 15.2. The van der Waals surface area contributed by atoms with Crippen molar-refractivity contribution in [3.8, 4) is 0 Å². The third-order valence-corrected chi connectivity index (χ3v) is 1.93. The molecule has 2 unspecified atom stereocenters. The minimum absolute atomic E-state index is 0.128. The Bertz CT molecular complexity index is 216. The standard InChI is InChI=1S/C10H17F3O3/c1-4-6-8(9(14)15-5-2)16-7(3)10(11,12)13/h7-8H,4-6H2,1-3H3. The zero-order valence-electron chi connectivity index (χ0n) is 9.63. The summed E-state index contributed by atoms with van der Waals surface area (Å²) in [7, 11) is 0. The third kappa shape index (κ3) is 5.34. The monoisotopic (exact) mass is 242 g/mol. The fourth-order valence-corrected chi connectivity index (χ4v) is 1.06. The van der Waals surface area contributed by atoms with Crippen LogP contribution in [0.25, 0.3) is 0 Å². The van der Waals surface area contributed by atoms with Crippen molar-refractivity contribution in [2.45, 2.75) is 52.0 Å². The molecule has 3 nitrogen and oxygen atoms in total. The molecule has 0 aromatic carbocycles. The van der Waals surface area contributed by atoms with Gasteiger partial charge in [0.2, 0.25) is 0 Å². The number of carbonyl (C=O) groups is 1. The highest BCUT2D eigenvalue weighted by Gasteiger charge is 2.39. The van der Waals surface area contributed by atoms with Gasteiger partial charge in [-0.3, -0.25) is 0 Å². The minimum atomic E-state index is -4.46. The number of alkyl halides is 3. The molecular weight excluding hydrogens is 225 g/mol. The lowest BCUT2D eigenvalue weighted by atomic mass is 10.2. The average molecular weight is 242 g/mol. The first-order valence-corrected chi connectivity index (χ1v) is 5.21. The first-order chi connectivity index (χ1) is 7.32. The van der Waals surface area contributed by atoms with Crippen LogP contribution in [0.4, 0.5) is 13.2 Å². The van der Waals surface area contributed by atoms with Crippen molar-refractivity contribution in [1.82, 2.24) is 0 Å². The number of carbonyl (C=O) groups excluding carboxylic acids is 1. The van der Waals surface area contributed by atoms with E-state index in [9.17, 15) is 18.0 Å². The zero-order chi connectivity index (χ0) is 12.8. The van der Waals surface area contributed by atoms with Gasteiger partial charge in [0, 0.05) is 0 Å². The summed E-state index contributed by atoms with van der Waals surface area (Å²) in [6.45, 7) is 4.35. The number of rotatable bonds is 6. The van der Waals surface area contributed by atoms with Gasteiger partial charge in [0.15, 0.2) is 12.2 Å². The summed E-state index contributed by atoms with van der Waals surface area (Å²) >= 11 is 0. The van der Waals surface area contributed by atoms with Crippen LogP contribution in [-0.4, -0.2) is 31.0 Å². The maximum Gasteiger partial charge on any atom is 0.414 e. The molecule has 0 radical (unpaired) electrons. The van der Waals surface area contributed by atoms with E-state index in [1.807, 2.05) is 0 Å². The molecule has 0 bridgehead atoms. The van der Waals surface area contributed by atoms with Gasteiger partial charge in [0.1, 0.15) is 0 Å².